The topological polar surface area (TPSA) is 75.4 Å². The average molecular weight is 160 g/mol. The van der Waals surface area contributed by atoms with Crippen molar-refractivity contribution < 1.29 is 9.90 Å². The number of nitrogens with one attached hydrogen (secondary N) is 1. The van der Waals surface area contributed by atoms with E-state index in [2.05, 4.69) is 5.32 Å². The van der Waals surface area contributed by atoms with Gasteiger partial charge in [-0.25, -0.2) is 0 Å². The molecule has 1 amide bonds. The second-order valence-electron chi connectivity index (χ2n) is 2.93. The van der Waals surface area contributed by atoms with Gasteiger partial charge in [-0.2, -0.15) is 0 Å². The van der Waals surface area contributed by atoms with Crippen molar-refractivity contribution in [2.75, 3.05) is 0 Å². The summed E-state index contributed by atoms with van der Waals surface area (Å²) in [7, 11) is 0. The van der Waals surface area contributed by atoms with Crippen LogP contribution in [0.1, 0.15) is 20.8 Å². The number of carbonyl (C=O) groups is 1. The van der Waals surface area contributed by atoms with Crippen LogP contribution in [0.15, 0.2) is 0 Å². The molecule has 2 atom stereocenters. The molecule has 66 valence electrons. The molecular weight excluding hydrogens is 144 g/mol. The molecule has 0 rings (SSSR count). The lowest BCUT2D eigenvalue weighted by Crippen LogP contribution is -2.49. The van der Waals surface area contributed by atoms with E-state index in [-0.39, 0.29) is 11.9 Å². The number of carbonyl (C=O) groups excluding carboxylic acids is 1. The maximum atomic E-state index is 11.0. The molecule has 0 aromatic heterocycles. The summed E-state index contributed by atoms with van der Waals surface area (Å²) in [6.45, 7) is 5.17. The minimum atomic E-state index is -0.822. The van der Waals surface area contributed by atoms with Gasteiger partial charge in [0, 0.05) is 6.04 Å². The first-order valence-corrected chi connectivity index (χ1v) is 3.69. The highest BCUT2D eigenvalue weighted by Gasteiger charge is 2.18. The van der Waals surface area contributed by atoms with Gasteiger partial charge in [-0.3, -0.25) is 4.79 Å². The van der Waals surface area contributed by atoms with E-state index in [0.717, 1.165) is 0 Å². The lowest BCUT2D eigenvalue weighted by atomic mass is 10.2. The summed E-state index contributed by atoms with van der Waals surface area (Å²) in [5.74, 6) is -0.310. The second-order valence-corrected chi connectivity index (χ2v) is 2.93. The van der Waals surface area contributed by atoms with Gasteiger partial charge in [0.05, 0.1) is 6.10 Å². The van der Waals surface area contributed by atoms with Crippen molar-refractivity contribution in [2.24, 2.45) is 5.73 Å². The molecule has 0 saturated heterocycles. The third-order valence-corrected chi connectivity index (χ3v) is 1.25. The highest BCUT2D eigenvalue weighted by atomic mass is 16.3. The maximum Gasteiger partial charge on any atom is 0.239 e. The minimum Gasteiger partial charge on any atom is -0.391 e. The maximum absolute atomic E-state index is 11.0. The first-order chi connectivity index (χ1) is 4.95. The van der Waals surface area contributed by atoms with Gasteiger partial charge in [0.1, 0.15) is 6.04 Å². The quantitative estimate of drug-likeness (QED) is 0.507. The van der Waals surface area contributed by atoms with Crippen LogP contribution in [-0.2, 0) is 4.79 Å². The van der Waals surface area contributed by atoms with Crippen LogP contribution in [-0.4, -0.2) is 29.2 Å². The Balaban J connectivity index is 3.83. The lowest BCUT2D eigenvalue weighted by Gasteiger charge is -2.16. The number of hydrogen-bond acceptors (Lipinski definition) is 3. The zero-order valence-corrected chi connectivity index (χ0v) is 7.16. The van der Waals surface area contributed by atoms with Gasteiger partial charge in [-0.05, 0) is 20.8 Å². The molecule has 11 heavy (non-hydrogen) atoms. The molecule has 0 bridgehead atoms. The molecule has 4 heteroatoms. The van der Waals surface area contributed by atoms with Crippen molar-refractivity contribution >= 4 is 5.91 Å². The van der Waals surface area contributed by atoms with Gasteiger partial charge >= 0.3 is 0 Å². The van der Waals surface area contributed by atoms with Gasteiger partial charge in [0.15, 0.2) is 0 Å². The van der Waals surface area contributed by atoms with Crippen molar-refractivity contribution in [1.82, 2.24) is 5.32 Å². The summed E-state index contributed by atoms with van der Waals surface area (Å²) >= 11 is 0. The van der Waals surface area contributed by atoms with E-state index in [1.807, 2.05) is 13.8 Å². The number of nitrogens with two attached hydrogens (primary N) is 1. The second kappa shape index (κ2) is 4.31. The lowest BCUT2D eigenvalue weighted by molar-refractivity contribution is -0.124. The number of amides is 1. The van der Waals surface area contributed by atoms with E-state index in [1.54, 1.807) is 0 Å². The zero-order chi connectivity index (χ0) is 9.02. The van der Waals surface area contributed by atoms with Gasteiger partial charge in [-0.15, -0.1) is 0 Å². The number of aliphatic hydroxyl groups excluding tert-OH is 1. The third-order valence-electron chi connectivity index (χ3n) is 1.25. The molecular formula is C7H16N2O2. The SMILES string of the molecule is CC(C)NC(=O)C(N)C(C)O. The summed E-state index contributed by atoms with van der Waals surface area (Å²) < 4.78 is 0. The largest absolute Gasteiger partial charge is 0.391 e. The van der Waals surface area contributed by atoms with Gasteiger partial charge in [0.25, 0.3) is 0 Å². The Kier molecular flexibility index (Phi) is 4.07. The molecule has 0 fully saturated rings. The summed E-state index contributed by atoms with van der Waals surface area (Å²) in [5, 5.41) is 11.5. The molecule has 4 N–H and O–H groups in total. The fourth-order valence-corrected chi connectivity index (χ4v) is 0.600. The van der Waals surface area contributed by atoms with Gasteiger partial charge in [0.2, 0.25) is 5.91 Å². The Morgan fingerprint density at radius 3 is 2.18 bits per heavy atom. The predicted molar refractivity (Wildman–Crippen MR) is 42.9 cm³/mol. The summed E-state index contributed by atoms with van der Waals surface area (Å²) in [6.07, 6.45) is -0.797. The zero-order valence-electron chi connectivity index (χ0n) is 7.16. The van der Waals surface area contributed by atoms with E-state index in [4.69, 9.17) is 10.8 Å². The molecule has 0 saturated carbocycles. The van der Waals surface area contributed by atoms with E-state index in [0.29, 0.717) is 0 Å². The summed E-state index contributed by atoms with van der Waals surface area (Å²) in [5.41, 5.74) is 5.35. The molecule has 0 radical (unpaired) electrons. The van der Waals surface area contributed by atoms with Crippen LogP contribution in [0.4, 0.5) is 0 Å². The van der Waals surface area contributed by atoms with Crippen LogP contribution in [0.5, 0.6) is 0 Å². The normalized spacial score (nSPS) is 16.2. The molecule has 0 aliphatic heterocycles. The van der Waals surface area contributed by atoms with E-state index >= 15 is 0 Å². The minimum absolute atomic E-state index is 0.0623. The van der Waals surface area contributed by atoms with Crippen LogP contribution in [0, 0.1) is 0 Å². The van der Waals surface area contributed by atoms with E-state index in [1.165, 1.54) is 6.92 Å². The van der Waals surface area contributed by atoms with Crippen LogP contribution in [0.2, 0.25) is 0 Å². The first-order valence-electron chi connectivity index (χ1n) is 3.69. The van der Waals surface area contributed by atoms with Crippen LogP contribution >= 0.6 is 0 Å². The summed E-state index contributed by atoms with van der Waals surface area (Å²) in [4.78, 5) is 11.0. The highest BCUT2D eigenvalue weighted by molar-refractivity contribution is 5.82. The Morgan fingerprint density at radius 1 is 1.45 bits per heavy atom. The highest BCUT2D eigenvalue weighted by Crippen LogP contribution is 1.89. The van der Waals surface area contributed by atoms with Gasteiger partial charge < -0.3 is 16.2 Å². The molecule has 0 spiro atoms. The molecule has 0 heterocycles. The average Bonchev–Trinajstić information content (AvgIpc) is 1.84. The molecule has 2 unspecified atom stereocenters. The number of rotatable bonds is 3. The Bertz CT molecular complexity index is 134. The fourth-order valence-electron chi connectivity index (χ4n) is 0.600. The molecule has 0 aliphatic carbocycles. The van der Waals surface area contributed by atoms with Gasteiger partial charge in [-0.1, -0.05) is 0 Å². The van der Waals surface area contributed by atoms with Crippen molar-refractivity contribution in [2.45, 2.75) is 39.0 Å². The monoisotopic (exact) mass is 160 g/mol. The fraction of sp³-hybridized carbons (Fsp3) is 0.857. The Labute approximate surface area is 66.8 Å². The van der Waals surface area contributed by atoms with E-state index < -0.39 is 12.1 Å². The van der Waals surface area contributed by atoms with Crippen LogP contribution in [0.3, 0.4) is 0 Å². The Hall–Kier alpha value is -0.610. The Morgan fingerprint density at radius 2 is 1.91 bits per heavy atom. The molecule has 0 aromatic carbocycles. The predicted octanol–water partition coefficient (Wildman–Crippen LogP) is -0.781. The standard InChI is InChI=1S/C7H16N2O2/c1-4(2)9-7(11)6(8)5(3)10/h4-6,10H,8H2,1-3H3,(H,9,11). The first kappa shape index (κ1) is 10.4. The van der Waals surface area contributed by atoms with Crippen molar-refractivity contribution in [1.29, 1.82) is 0 Å². The molecule has 0 aliphatic rings. The number of aliphatic hydroxyl groups is 1. The van der Waals surface area contributed by atoms with Crippen molar-refractivity contribution in [3.63, 3.8) is 0 Å². The van der Waals surface area contributed by atoms with Crippen LogP contribution in [0.25, 0.3) is 0 Å². The third kappa shape index (κ3) is 3.95. The van der Waals surface area contributed by atoms with Crippen LogP contribution < -0.4 is 11.1 Å². The molecule has 4 nitrogen and oxygen atoms in total. The number of hydrogen-bond donors (Lipinski definition) is 3. The summed E-state index contributed by atoms with van der Waals surface area (Å²) in [6, 6.07) is -0.760. The van der Waals surface area contributed by atoms with Crippen molar-refractivity contribution in [3.05, 3.63) is 0 Å². The smallest absolute Gasteiger partial charge is 0.239 e. The molecule has 0 aromatic rings. The van der Waals surface area contributed by atoms with E-state index in [9.17, 15) is 4.79 Å². The van der Waals surface area contributed by atoms with Crippen molar-refractivity contribution in [3.8, 4) is 0 Å².